The summed E-state index contributed by atoms with van der Waals surface area (Å²) in [5.74, 6) is 2.16. The van der Waals surface area contributed by atoms with Crippen LogP contribution in [-0.2, 0) is 6.42 Å². The molecule has 0 heterocycles. The first-order valence-corrected chi connectivity index (χ1v) is 6.49. The van der Waals surface area contributed by atoms with Crippen molar-refractivity contribution in [2.45, 2.75) is 6.42 Å². The summed E-state index contributed by atoms with van der Waals surface area (Å²) in [7, 11) is 4.85. The first-order valence-electron chi connectivity index (χ1n) is 6.49. The molecule has 108 valence electrons. The van der Waals surface area contributed by atoms with Crippen molar-refractivity contribution in [2.24, 2.45) is 0 Å². The fraction of sp³-hybridized carbons (Fsp3) is 0.235. The van der Waals surface area contributed by atoms with Gasteiger partial charge in [0.05, 0.1) is 33.8 Å². The van der Waals surface area contributed by atoms with E-state index < -0.39 is 0 Å². The second-order valence-corrected chi connectivity index (χ2v) is 4.44. The van der Waals surface area contributed by atoms with Crippen LogP contribution in [0.5, 0.6) is 17.2 Å². The number of nitriles is 1. The van der Waals surface area contributed by atoms with E-state index in [0.717, 1.165) is 22.4 Å². The SMILES string of the molecule is COc1ccc(-c2ccc(CC#N)cc2OC)c(OC)c1. The Morgan fingerprint density at radius 3 is 2.05 bits per heavy atom. The highest BCUT2D eigenvalue weighted by Crippen LogP contribution is 2.38. The number of methoxy groups -OCH3 is 3. The number of hydrogen-bond acceptors (Lipinski definition) is 4. The standard InChI is InChI=1S/C17H17NO3/c1-19-13-5-7-15(17(11-13)21-3)14-6-4-12(8-9-18)10-16(14)20-2/h4-7,10-11H,8H2,1-3H3. The smallest absolute Gasteiger partial charge is 0.130 e. The monoisotopic (exact) mass is 283 g/mol. The van der Waals surface area contributed by atoms with Gasteiger partial charge in [-0.15, -0.1) is 0 Å². The van der Waals surface area contributed by atoms with Crippen molar-refractivity contribution >= 4 is 0 Å². The summed E-state index contributed by atoms with van der Waals surface area (Å²) in [6.45, 7) is 0. The first kappa shape index (κ1) is 14.7. The van der Waals surface area contributed by atoms with Gasteiger partial charge in [-0.1, -0.05) is 12.1 Å². The van der Waals surface area contributed by atoms with Crippen LogP contribution in [-0.4, -0.2) is 21.3 Å². The van der Waals surface area contributed by atoms with Crippen molar-refractivity contribution in [3.8, 4) is 34.4 Å². The Morgan fingerprint density at radius 2 is 1.48 bits per heavy atom. The van der Waals surface area contributed by atoms with E-state index in [-0.39, 0.29) is 0 Å². The molecular formula is C17H17NO3. The van der Waals surface area contributed by atoms with E-state index in [0.29, 0.717) is 17.9 Å². The Bertz CT molecular complexity index is 674. The number of ether oxygens (including phenoxy) is 3. The molecule has 0 atom stereocenters. The molecule has 0 saturated carbocycles. The van der Waals surface area contributed by atoms with E-state index in [1.165, 1.54) is 0 Å². The minimum absolute atomic E-state index is 0.358. The number of benzene rings is 2. The maximum absolute atomic E-state index is 8.78. The van der Waals surface area contributed by atoms with Crippen LogP contribution >= 0.6 is 0 Å². The molecule has 0 unspecified atom stereocenters. The van der Waals surface area contributed by atoms with E-state index >= 15 is 0 Å². The Balaban J connectivity index is 2.53. The van der Waals surface area contributed by atoms with Gasteiger partial charge >= 0.3 is 0 Å². The molecule has 2 aromatic rings. The van der Waals surface area contributed by atoms with E-state index in [1.807, 2.05) is 36.4 Å². The third-order valence-electron chi connectivity index (χ3n) is 3.25. The summed E-state index contributed by atoms with van der Waals surface area (Å²) in [5.41, 5.74) is 2.75. The molecule has 0 amide bonds. The van der Waals surface area contributed by atoms with Crippen LogP contribution in [0, 0.1) is 11.3 Å². The average molecular weight is 283 g/mol. The van der Waals surface area contributed by atoms with Gasteiger partial charge < -0.3 is 14.2 Å². The molecule has 0 aromatic heterocycles. The molecule has 4 nitrogen and oxygen atoms in total. The lowest BCUT2D eigenvalue weighted by Gasteiger charge is -2.14. The molecule has 0 aliphatic carbocycles. The van der Waals surface area contributed by atoms with Gasteiger partial charge in [0.2, 0.25) is 0 Å². The molecule has 2 aromatic carbocycles. The summed E-state index contributed by atoms with van der Waals surface area (Å²) in [4.78, 5) is 0. The van der Waals surface area contributed by atoms with Gasteiger partial charge in [0, 0.05) is 17.2 Å². The van der Waals surface area contributed by atoms with Crippen molar-refractivity contribution in [2.75, 3.05) is 21.3 Å². The average Bonchev–Trinajstić information content (AvgIpc) is 2.54. The van der Waals surface area contributed by atoms with Gasteiger partial charge in [-0.25, -0.2) is 0 Å². The lowest BCUT2D eigenvalue weighted by Crippen LogP contribution is -1.94. The molecule has 0 saturated heterocycles. The van der Waals surface area contributed by atoms with Crippen LogP contribution in [0.2, 0.25) is 0 Å². The molecule has 0 aliphatic heterocycles. The first-order chi connectivity index (χ1) is 10.2. The van der Waals surface area contributed by atoms with Crippen LogP contribution in [0.4, 0.5) is 0 Å². The molecule has 0 aliphatic rings. The molecule has 2 rings (SSSR count). The molecular weight excluding hydrogens is 266 g/mol. The van der Waals surface area contributed by atoms with Crippen LogP contribution < -0.4 is 14.2 Å². The molecule has 0 radical (unpaired) electrons. The highest BCUT2D eigenvalue weighted by atomic mass is 16.5. The zero-order valence-electron chi connectivity index (χ0n) is 12.3. The number of hydrogen-bond donors (Lipinski definition) is 0. The van der Waals surface area contributed by atoms with Crippen LogP contribution in [0.15, 0.2) is 36.4 Å². The molecule has 21 heavy (non-hydrogen) atoms. The molecule has 0 spiro atoms. The van der Waals surface area contributed by atoms with Gasteiger partial charge in [-0.3, -0.25) is 0 Å². The zero-order chi connectivity index (χ0) is 15.2. The third kappa shape index (κ3) is 3.09. The van der Waals surface area contributed by atoms with E-state index in [2.05, 4.69) is 6.07 Å². The Hall–Kier alpha value is -2.67. The quantitative estimate of drug-likeness (QED) is 0.843. The maximum Gasteiger partial charge on any atom is 0.130 e. The highest BCUT2D eigenvalue weighted by molar-refractivity contribution is 5.77. The maximum atomic E-state index is 8.78. The van der Waals surface area contributed by atoms with Gasteiger partial charge in [0.15, 0.2) is 0 Å². The summed E-state index contributed by atoms with van der Waals surface area (Å²) < 4.78 is 16.1. The minimum Gasteiger partial charge on any atom is -0.497 e. The van der Waals surface area contributed by atoms with Crippen LogP contribution in [0.3, 0.4) is 0 Å². The summed E-state index contributed by atoms with van der Waals surface area (Å²) >= 11 is 0. The van der Waals surface area contributed by atoms with E-state index in [9.17, 15) is 0 Å². The molecule has 0 bridgehead atoms. The van der Waals surface area contributed by atoms with Gasteiger partial charge in [-0.2, -0.15) is 5.26 Å². The Kier molecular flexibility index (Phi) is 4.68. The van der Waals surface area contributed by atoms with Crippen molar-refractivity contribution in [1.29, 1.82) is 5.26 Å². The van der Waals surface area contributed by atoms with Gasteiger partial charge in [0.25, 0.3) is 0 Å². The molecule has 4 heteroatoms. The predicted octanol–water partition coefficient (Wildman–Crippen LogP) is 3.45. The minimum atomic E-state index is 0.358. The lowest BCUT2D eigenvalue weighted by atomic mass is 10.0. The zero-order valence-corrected chi connectivity index (χ0v) is 12.3. The molecule has 0 fully saturated rings. The van der Waals surface area contributed by atoms with Crippen LogP contribution in [0.1, 0.15) is 5.56 Å². The predicted molar refractivity (Wildman–Crippen MR) is 80.9 cm³/mol. The largest absolute Gasteiger partial charge is 0.497 e. The fourth-order valence-electron chi connectivity index (χ4n) is 2.18. The normalized spacial score (nSPS) is 9.81. The summed E-state index contributed by atoms with van der Waals surface area (Å²) in [5, 5.41) is 8.78. The topological polar surface area (TPSA) is 51.5 Å². The highest BCUT2D eigenvalue weighted by Gasteiger charge is 2.12. The number of nitrogens with zero attached hydrogens (tertiary/aromatic N) is 1. The van der Waals surface area contributed by atoms with E-state index in [1.54, 1.807) is 21.3 Å². The fourth-order valence-corrected chi connectivity index (χ4v) is 2.18. The summed E-state index contributed by atoms with van der Waals surface area (Å²) in [6.07, 6.45) is 0.358. The van der Waals surface area contributed by atoms with Crippen molar-refractivity contribution in [1.82, 2.24) is 0 Å². The van der Waals surface area contributed by atoms with Crippen LogP contribution in [0.25, 0.3) is 11.1 Å². The summed E-state index contributed by atoms with van der Waals surface area (Å²) in [6, 6.07) is 13.5. The number of rotatable bonds is 5. The lowest BCUT2D eigenvalue weighted by molar-refractivity contribution is 0.394. The van der Waals surface area contributed by atoms with E-state index in [4.69, 9.17) is 19.5 Å². The van der Waals surface area contributed by atoms with Crippen molar-refractivity contribution in [3.63, 3.8) is 0 Å². The van der Waals surface area contributed by atoms with Crippen molar-refractivity contribution in [3.05, 3.63) is 42.0 Å². The third-order valence-corrected chi connectivity index (χ3v) is 3.25. The Labute approximate surface area is 124 Å². The molecule has 0 N–H and O–H groups in total. The van der Waals surface area contributed by atoms with Gasteiger partial charge in [-0.05, 0) is 23.8 Å². The Morgan fingerprint density at radius 1 is 0.857 bits per heavy atom. The van der Waals surface area contributed by atoms with Gasteiger partial charge in [0.1, 0.15) is 17.2 Å². The second-order valence-electron chi connectivity index (χ2n) is 4.44. The van der Waals surface area contributed by atoms with Crippen molar-refractivity contribution < 1.29 is 14.2 Å². The second kappa shape index (κ2) is 6.67.